The first-order valence-electron chi connectivity index (χ1n) is 4.09. The second kappa shape index (κ2) is 5.38. The molecule has 0 aromatic carbocycles. The molecule has 0 atom stereocenters. The summed E-state index contributed by atoms with van der Waals surface area (Å²) < 4.78 is 0. The summed E-state index contributed by atoms with van der Waals surface area (Å²) in [5, 5.41) is 3.10. The van der Waals surface area contributed by atoms with Crippen LogP contribution < -0.4 is 4.90 Å². The Hall–Kier alpha value is -0.280. The number of rotatable bonds is 5. The fraction of sp³-hybridized carbons (Fsp3) is 0.625. The van der Waals surface area contributed by atoms with Gasteiger partial charge in [-0.25, -0.2) is 4.98 Å². The molecule has 68 valence electrons. The Bertz CT molecular complexity index is 201. The molecule has 0 amide bonds. The maximum Gasteiger partial charge on any atom is 0.185 e. The van der Waals surface area contributed by atoms with Gasteiger partial charge in [0.2, 0.25) is 0 Å². The van der Waals surface area contributed by atoms with Gasteiger partial charge in [-0.1, -0.05) is 0 Å². The number of hydrogen-bond acceptors (Lipinski definition) is 3. The van der Waals surface area contributed by atoms with Crippen LogP contribution in [0.3, 0.4) is 0 Å². The van der Waals surface area contributed by atoms with E-state index in [0.717, 1.165) is 30.5 Å². The Balaban J connectivity index is 2.45. The molecule has 1 heterocycles. The van der Waals surface area contributed by atoms with Gasteiger partial charge in [-0.2, -0.15) is 0 Å². The predicted octanol–water partition coefficient (Wildman–Crippen LogP) is 2.60. The van der Waals surface area contributed by atoms with Gasteiger partial charge in [-0.15, -0.1) is 22.9 Å². The lowest BCUT2D eigenvalue weighted by molar-refractivity contribution is 0.791. The fourth-order valence-corrected chi connectivity index (χ4v) is 1.87. The Kier molecular flexibility index (Phi) is 4.40. The summed E-state index contributed by atoms with van der Waals surface area (Å²) in [7, 11) is 0. The minimum atomic E-state index is 0.724. The molecule has 12 heavy (non-hydrogen) atoms. The van der Waals surface area contributed by atoms with Gasteiger partial charge in [0.15, 0.2) is 5.13 Å². The Morgan fingerprint density at radius 3 is 3.00 bits per heavy atom. The van der Waals surface area contributed by atoms with Crippen molar-refractivity contribution in [2.75, 3.05) is 23.9 Å². The topological polar surface area (TPSA) is 16.1 Å². The average molecular weight is 205 g/mol. The molecule has 1 aromatic heterocycles. The molecule has 0 saturated heterocycles. The number of alkyl halides is 1. The van der Waals surface area contributed by atoms with E-state index in [0.29, 0.717) is 0 Å². The molecule has 0 fully saturated rings. The third-order valence-electron chi connectivity index (χ3n) is 1.63. The molecule has 4 heteroatoms. The number of thiazole rings is 1. The Labute approximate surface area is 82.2 Å². The molecule has 1 rings (SSSR count). The zero-order chi connectivity index (χ0) is 8.81. The van der Waals surface area contributed by atoms with E-state index in [1.165, 1.54) is 0 Å². The van der Waals surface area contributed by atoms with Crippen molar-refractivity contribution in [2.45, 2.75) is 13.3 Å². The number of hydrogen-bond donors (Lipinski definition) is 0. The summed E-state index contributed by atoms with van der Waals surface area (Å²) in [4.78, 5) is 6.48. The minimum absolute atomic E-state index is 0.724. The second-order valence-corrected chi connectivity index (χ2v) is 3.69. The van der Waals surface area contributed by atoms with Crippen LogP contribution in [-0.2, 0) is 0 Å². The first-order chi connectivity index (χ1) is 5.88. The monoisotopic (exact) mass is 204 g/mol. The van der Waals surface area contributed by atoms with Gasteiger partial charge in [0.1, 0.15) is 0 Å². The van der Waals surface area contributed by atoms with Gasteiger partial charge in [-0.3, -0.25) is 0 Å². The number of halogens is 1. The van der Waals surface area contributed by atoms with Crippen molar-refractivity contribution in [1.29, 1.82) is 0 Å². The van der Waals surface area contributed by atoms with Crippen molar-refractivity contribution in [3.05, 3.63) is 11.6 Å². The zero-order valence-electron chi connectivity index (χ0n) is 7.16. The average Bonchev–Trinajstić information content (AvgIpc) is 2.59. The van der Waals surface area contributed by atoms with Gasteiger partial charge in [0.25, 0.3) is 0 Å². The quantitative estimate of drug-likeness (QED) is 0.686. The van der Waals surface area contributed by atoms with E-state index in [2.05, 4.69) is 16.8 Å². The van der Waals surface area contributed by atoms with Gasteiger partial charge in [0.05, 0.1) is 0 Å². The van der Waals surface area contributed by atoms with E-state index in [1.807, 2.05) is 11.6 Å². The third-order valence-corrected chi connectivity index (χ3v) is 2.73. The first kappa shape index (κ1) is 9.81. The fourth-order valence-electron chi connectivity index (χ4n) is 1.01. The highest BCUT2D eigenvalue weighted by Crippen LogP contribution is 2.16. The SMILES string of the molecule is CCN(CCCCl)c1nccs1. The second-order valence-electron chi connectivity index (χ2n) is 2.44. The molecule has 0 aliphatic carbocycles. The molecule has 0 bridgehead atoms. The van der Waals surface area contributed by atoms with Crippen LogP contribution in [0.4, 0.5) is 5.13 Å². The molecule has 0 aliphatic heterocycles. The standard InChI is InChI=1S/C8H13ClN2S/c1-2-11(6-3-4-9)8-10-5-7-12-8/h5,7H,2-4,6H2,1H3. The van der Waals surface area contributed by atoms with Crippen LogP contribution in [-0.4, -0.2) is 24.0 Å². The largest absolute Gasteiger partial charge is 0.348 e. The van der Waals surface area contributed by atoms with Crippen LogP contribution in [0.5, 0.6) is 0 Å². The predicted molar refractivity (Wildman–Crippen MR) is 55.3 cm³/mol. The van der Waals surface area contributed by atoms with Crippen LogP contribution in [0.15, 0.2) is 11.6 Å². The Morgan fingerprint density at radius 1 is 1.67 bits per heavy atom. The van der Waals surface area contributed by atoms with Crippen LogP contribution in [0, 0.1) is 0 Å². The molecule has 0 unspecified atom stereocenters. The maximum absolute atomic E-state index is 5.62. The smallest absolute Gasteiger partial charge is 0.185 e. The van der Waals surface area contributed by atoms with E-state index in [4.69, 9.17) is 11.6 Å². The first-order valence-corrected chi connectivity index (χ1v) is 5.50. The lowest BCUT2D eigenvalue weighted by Gasteiger charge is -2.18. The highest BCUT2D eigenvalue weighted by atomic mass is 35.5. The van der Waals surface area contributed by atoms with Crippen molar-refractivity contribution in [3.63, 3.8) is 0 Å². The lowest BCUT2D eigenvalue weighted by Crippen LogP contribution is -2.23. The molecule has 0 N–H and O–H groups in total. The third kappa shape index (κ3) is 2.64. The van der Waals surface area contributed by atoms with Gasteiger partial charge >= 0.3 is 0 Å². The van der Waals surface area contributed by atoms with E-state index in [9.17, 15) is 0 Å². The molecule has 0 spiro atoms. The van der Waals surface area contributed by atoms with Crippen LogP contribution in [0.2, 0.25) is 0 Å². The molecular weight excluding hydrogens is 192 g/mol. The summed E-state index contributed by atoms with van der Waals surface area (Å²) >= 11 is 7.30. The summed E-state index contributed by atoms with van der Waals surface area (Å²) in [6.45, 7) is 4.15. The number of aromatic nitrogens is 1. The molecule has 0 saturated carbocycles. The zero-order valence-corrected chi connectivity index (χ0v) is 8.74. The summed E-state index contributed by atoms with van der Waals surface area (Å²) in [6.07, 6.45) is 2.86. The van der Waals surface area contributed by atoms with Crippen molar-refractivity contribution in [3.8, 4) is 0 Å². The summed E-state index contributed by atoms with van der Waals surface area (Å²) in [6, 6.07) is 0. The van der Waals surface area contributed by atoms with Crippen molar-refractivity contribution in [1.82, 2.24) is 4.98 Å². The van der Waals surface area contributed by atoms with Crippen molar-refractivity contribution < 1.29 is 0 Å². The van der Waals surface area contributed by atoms with Crippen LogP contribution >= 0.6 is 22.9 Å². The number of anilines is 1. The highest BCUT2D eigenvalue weighted by molar-refractivity contribution is 7.13. The van der Waals surface area contributed by atoms with Gasteiger partial charge in [-0.05, 0) is 13.3 Å². The van der Waals surface area contributed by atoms with Gasteiger partial charge < -0.3 is 4.90 Å². The van der Waals surface area contributed by atoms with E-state index < -0.39 is 0 Å². The van der Waals surface area contributed by atoms with E-state index in [1.54, 1.807) is 11.3 Å². The maximum atomic E-state index is 5.62. The molecule has 1 aromatic rings. The van der Waals surface area contributed by atoms with Crippen LogP contribution in [0.25, 0.3) is 0 Å². The number of nitrogens with zero attached hydrogens (tertiary/aromatic N) is 2. The summed E-state index contributed by atoms with van der Waals surface area (Å²) in [5.41, 5.74) is 0. The normalized spacial score (nSPS) is 10.2. The Morgan fingerprint density at radius 2 is 2.50 bits per heavy atom. The highest BCUT2D eigenvalue weighted by Gasteiger charge is 2.04. The van der Waals surface area contributed by atoms with Crippen molar-refractivity contribution in [2.24, 2.45) is 0 Å². The lowest BCUT2D eigenvalue weighted by atomic mass is 10.4. The minimum Gasteiger partial charge on any atom is -0.348 e. The molecule has 0 aliphatic rings. The van der Waals surface area contributed by atoms with Crippen LogP contribution in [0.1, 0.15) is 13.3 Å². The molecular formula is C8H13ClN2S. The van der Waals surface area contributed by atoms with E-state index >= 15 is 0 Å². The van der Waals surface area contributed by atoms with E-state index in [-0.39, 0.29) is 0 Å². The molecule has 2 nitrogen and oxygen atoms in total. The summed E-state index contributed by atoms with van der Waals surface area (Å²) in [5.74, 6) is 0.724. The van der Waals surface area contributed by atoms with Gasteiger partial charge in [0, 0.05) is 30.5 Å². The van der Waals surface area contributed by atoms with Crippen molar-refractivity contribution >= 4 is 28.1 Å². The molecule has 0 radical (unpaired) electrons.